The molecular formula is C15H18FNO4. The Morgan fingerprint density at radius 1 is 1.48 bits per heavy atom. The Hall–Kier alpha value is -1.95. The van der Waals surface area contributed by atoms with E-state index in [2.05, 4.69) is 5.32 Å². The second-order valence-corrected chi connectivity index (χ2v) is 5.27. The van der Waals surface area contributed by atoms with Crippen LogP contribution in [-0.2, 0) is 19.7 Å². The average Bonchev–Trinajstić information content (AvgIpc) is 2.37. The number of carbonyl (C=O) groups is 2. The molecule has 2 rings (SSSR count). The molecule has 114 valence electrons. The minimum absolute atomic E-state index is 0.111. The number of ether oxygens (including phenoxy) is 1. The Morgan fingerprint density at radius 2 is 2.19 bits per heavy atom. The zero-order valence-electron chi connectivity index (χ0n) is 11.8. The number of benzene rings is 1. The van der Waals surface area contributed by atoms with Crippen LogP contribution in [0.5, 0.6) is 0 Å². The lowest BCUT2D eigenvalue weighted by molar-refractivity contribution is -0.145. The van der Waals surface area contributed by atoms with Crippen LogP contribution in [0.15, 0.2) is 24.3 Å². The van der Waals surface area contributed by atoms with Crippen LogP contribution >= 0.6 is 0 Å². The van der Waals surface area contributed by atoms with E-state index in [0.717, 1.165) is 6.42 Å². The molecule has 0 spiro atoms. The van der Waals surface area contributed by atoms with Crippen LogP contribution in [-0.4, -0.2) is 36.7 Å². The highest BCUT2D eigenvalue weighted by Crippen LogP contribution is 2.44. The first kappa shape index (κ1) is 15.4. The normalized spacial score (nSPS) is 17.6. The van der Waals surface area contributed by atoms with Gasteiger partial charge >= 0.3 is 5.97 Å². The van der Waals surface area contributed by atoms with E-state index in [1.165, 1.54) is 19.2 Å². The van der Waals surface area contributed by atoms with Crippen molar-refractivity contribution in [2.24, 2.45) is 0 Å². The molecule has 6 heteroatoms. The van der Waals surface area contributed by atoms with Crippen molar-refractivity contribution in [3.63, 3.8) is 0 Å². The summed E-state index contributed by atoms with van der Waals surface area (Å²) in [4.78, 5) is 23.6. The summed E-state index contributed by atoms with van der Waals surface area (Å²) >= 11 is 0. The molecule has 2 N–H and O–H groups in total. The van der Waals surface area contributed by atoms with Gasteiger partial charge in [0.1, 0.15) is 5.82 Å². The van der Waals surface area contributed by atoms with Crippen LogP contribution in [0.3, 0.4) is 0 Å². The highest BCUT2D eigenvalue weighted by atomic mass is 19.1. The molecule has 1 aromatic carbocycles. The first-order valence-electron chi connectivity index (χ1n) is 6.78. The second kappa shape index (κ2) is 6.22. The van der Waals surface area contributed by atoms with Gasteiger partial charge in [0.25, 0.3) is 0 Å². The fourth-order valence-electron chi connectivity index (χ4n) is 2.60. The number of carboxylic acid groups (broad SMARTS) is 1. The Balaban J connectivity index is 2.20. The van der Waals surface area contributed by atoms with Gasteiger partial charge in [0, 0.05) is 7.11 Å². The lowest BCUT2D eigenvalue weighted by Gasteiger charge is -2.41. The van der Waals surface area contributed by atoms with Crippen molar-refractivity contribution in [3.05, 3.63) is 35.6 Å². The van der Waals surface area contributed by atoms with Gasteiger partial charge in [-0.25, -0.2) is 9.18 Å². The van der Waals surface area contributed by atoms with Crippen LogP contribution in [0.4, 0.5) is 4.39 Å². The van der Waals surface area contributed by atoms with E-state index in [1.807, 2.05) is 0 Å². The van der Waals surface area contributed by atoms with Crippen molar-refractivity contribution < 1.29 is 23.8 Å². The number of nitrogens with one attached hydrogen (secondary N) is 1. The van der Waals surface area contributed by atoms with Gasteiger partial charge in [-0.1, -0.05) is 18.6 Å². The highest BCUT2D eigenvalue weighted by molar-refractivity contribution is 5.92. The Labute approximate surface area is 122 Å². The van der Waals surface area contributed by atoms with E-state index in [4.69, 9.17) is 9.84 Å². The molecule has 1 aliphatic rings. The highest BCUT2D eigenvalue weighted by Gasteiger charge is 2.46. The van der Waals surface area contributed by atoms with Gasteiger partial charge in [0.05, 0.1) is 12.0 Å². The lowest BCUT2D eigenvalue weighted by Crippen LogP contribution is -2.55. The van der Waals surface area contributed by atoms with E-state index in [1.54, 1.807) is 12.1 Å². The molecule has 0 saturated heterocycles. The van der Waals surface area contributed by atoms with E-state index >= 15 is 0 Å². The van der Waals surface area contributed by atoms with E-state index in [-0.39, 0.29) is 12.5 Å². The van der Waals surface area contributed by atoms with Crippen molar-refractivity contribution in [2.45, 2.75) is 30.7 Å². The standard InChI is InChI=1S/C15H18FNO4/c1-21-9-12(13(18)19)17-14(20)15(6-3-7-15)10-4-2-5-11(16)8-10/h2,4-5,8,12H,3,6-7,9H2,1H3,(H,17,20)(H,18,19). The van der Waals surface area contributed by atoms with Crippen molar-refractivity contribution in [2.75, 3.05) is 13.7 Å². The average molecular weight is 295 g/mol. The van der Waals surface area contributed by atoms with Crippen LogP contribution in [0, 0.1) is 5.82 Å². The minimum Gasteiger partial charge on any atom is -0.480 e. The third kappa shape index (κ3) is 3.05. The Morgan fingerprint density at radius 3 is 2.67 bits per heavy atom. The molecule has 1 saturated carbocycles. The van der Waals surface area contributed by atoms with Gasteiger partial charge in [-0.2, -0.15) is 0 Å². The number of methoxy groups -OCH3 is 1. The summed E-state index contributed by atoms with van der Waals surface area (Å²) in [6.07, 6.45) is 2.02. The number of rotatable bonds is 6. The SMILES string of the molecule is COCC(NC(=O)C1(c2cccc(F)c2)CCC1)C(=O)O. The van der Waals surface area contributed by atoms with E-state index in [9.17, 15) is 14.0 Å². The molecular weight excluding hydrogens is 277 g/mol. The molecule has 21 heavy (non-hydrogen) atoms. The quantitative estimate of drug-likeness (QED) is 0.833. The number of halogens is 1. The summed E-state index contributed by atoms with van der Waals surface area (Å²) in [6, 6.07) is 4.81. The summed E-state index contributed by atoms with van der Waals surface area (Å²) in [7, 11) is 1.37. The molecule has 0 aromatic heterocycles. The fourth-order valence-corrected chi connectivity index (χ4v) is 2.60. The van der Waals surface area contributed by atoms with Crippen molar-refractivity contribution in [1.82, 2.24) is 5.32 Å². The van der Waals surface area contributed by atoms with E-state index < -0.39 is 23.2 Å². The first-order chi connectivity index (χ1) is 9.99. The van der Waals surface area contributed by atoms with Crippen molar-refractivity contribution >= 4 is 11.9 Å². The number of hydrogen-bond acceptors (Lipinski definition) is 3. The smallest absolute Gasteiger partial charge is 0.328 e. The largest absolute Gasteiger partial charge is 0.480 e. The van der Waals surface area contributed by atoms with E-state index in [0.29, 0.717) is 18.4 Å². The summed E-state index contributed by atoms with van der Waals surface area (Å²) in [5, 5.41) is 11.6. The van der Waals surface area contributed by atoms with Gasteiger partial charge in [-0.05, 0) is 30.5 Å². The lowest BCUT2D eigenvalue weighted by atomic mass is 9.63. The molecule has 0 heterocycles. The zero-order chi connectivity index (χ0) is 15.5. The maximum absolute atomic E-state index is 13.4. The number of amides is 1. The molecule has 0 bridgehead atoms. The minimum atomic E-state index is -1.15. The third-order valence-electron chi connectivity index (χ3n) is 3.96. The van der Waals surface area contributed by atoms with Crippen molar-refractivity contribution in [3.8, 4) is 0 Å². The molecule has 0 radical (unpaired) electrons. The Kier molecular flexibility index (Phi) is 4.57. The molecule has 1 atom stereocenters. The van der Waals surface area contributed by atoms with Crippen LogP contribution in [0.25, 0.3) is 0 Å². The maximum Gasteiger partial charge on any atom is 0.328 e. The predicted molar refractivity (Wildman–Crippen MR) is 73.4 cm³/mol. The summed E-state index contributed by atoms with van der Waals surface area (Å²) in [5.41, 5.74) is -0.239. The first-order valence-corrected chi connectivity index (χ1v) is 6.78. The van der Waals surface area contributed by atoms with Gasteiger partial charge in [-0.15, -0.1) is 0 Å². The molecule has 1 unspecified atom stereocenters. The molecule has 0 aliphatic heterocycles. The van der Waals surface area contributed by atoms with Gasteiger partial charge in [0.2, 0.25) is 5.91 Å². The molecule has 1 fully saturated rings. The maximum atomic E-state index is 13.4. The zero-order valence-corrected chi connectivity index (χ0v) is 11.8. The monoisotopic (exact) mass is 295 g/mol. The predicted octanol–water partition coefficient (Wildman–Crippen LogP) is 1.46. The molecule has 1 amide bonds. The fraction of sp³-hybridized carbons (Fsp3) is 0.467. The third-order valence-corrected chi connectivity index (χ3v) is 3.96. The summed E-state index contributed by atoms with van der Waals surface area (Å²) in [6.45, 7) is -0.111. The number of hydrogen-bond donors (Lipinski definition) is 2. The van der Waals surface area contributed by atoms with Gasteiger partial charge in [-0.3, -0.25) is 4.79 Å². The molecule has 1 aliphatic carbocycles. The summed E-state index contributed by atoms with van der Waals surface area (Å²) < 4.78 is 18.2. The van der Waals surface area contributed by atoms with Gasteiger partial charge < -0.3 is 15.2 Å². The van der Waals surface area contributed by atoms with Crippen LogP contribution < -0.4 is 5.32 Å². The number of carbonyl (C=O) groups excluding carboxylic acids is 1. The number of carboxylic acids is 1. The topological polar surface area (TPSA) is 75.6 Å². The van der Waals surface area contributed by atoms with Crippen LogP contribution in [0.2, 0.25) is 0 Å². The molecule has 1 aromatic rings. The van der Waals surface area contributed by atoms with Gasteiger partial charge in [0.15, 0.2) is 6.04 Å². The summed E-state index contributed by atoms with van der Waals surface area (Å²) in [5.74, 6) is -1.94. The number of aliphatic carboxylic acids is 1. The second-order valence-electron chi connectivity index (χ2n) is 5.27. The Bertz CT molecular complexity index is 542. The van der Waals surface area contributed by atoms with Crippen molar-refractivity contribution in [1.29, 1.82) is 0 Å². The molecule has 5 nitrogen and oxygen atoms in total. The van der Waals surface area contributed by atoms with Crippen LogP contribution in [0.1, 0.15) is 24.8 Å².